The lowest BCUT2D eigenvalue weighted by molar-refractivity contribution is -0.144. The van der Waals surface area contributed by atoms with E-state index in [1.807, 2.05) is 36.2 Å². The van der Waals surface area contributed by atoms with Gasteiger partial charge in [-0.15, -0.1) is 0 Å². The van der Waals surface area contributed by atoms with Crippen LogP contribution >= 0.6 is 0 Å². The summed E-state index contributed by atoms with van der Waals surface area (Å²) >= 11 is 0. The minimum Gasteiger partial charge on any atom is -0.356 e. The number of hydrogen-bond donors (Lipinski definition) is 1. The third kappa shape index (κ3) is 4.93. The molecule has 2 aromatic rings. The van der Waals surface area contributed by atoms with Gasteiger partial charge in [-0.3, -0.25) is 14.6 Å². The fourth-order valence-electron chi connectivity index (χ4n) is 5.14. The van der Waals surface area contributed by atoms with E-state index in [0.29, 0.717) is 19.5 Å². The number of likely N-dealkylation sites (tertiary alicyclic amines) is 1. The number of piperidine rings is 1. The van der Waals surface area contributed by atoms with Gasteiger partial charge in [0.2, 0.25) is 11.8 Å². The summed E-state index contributed by atoms with van der Waals surface area (Å²) in [5, 5.41) is 3.06. The van der Waals surface area contributed by atoms with Gasteiger partial charge in [0.1, 0.15) is 0 Å². The van der Waals surface area contributed by atoms with Gasteiger partial charge in [0.15, 0.2) is 0 Å². The maximum Gasteiger partial charge on any atom is 0.228 e. The Balaban J connectivity index is 1.59. The molecule has 168 valence electrons. The normalized spacial score (nSPS) is 23.0. The summed E-state index contributed by atoms with van der Waals surface area (Å²) in [6, 6.07) is 12.3. The van der Waals surface area contributed by atoms with Crippen molar-refractivity contribution in [1.82, 2.24) is 15.2 Å². The van der Waals surface area contributed by atoms with E-state index >= 15 is 0 Å². The smallest absolute Gasteiger partial charge is 0.228 e. The van der Waals surface area contributed by atoms with Crippen LogP contribution in [0.15, 0.2) is 60.9 Å². The zero-order valence-corrected chi connectivity index (χ0v) is 18.9. The first-order valence-corrected chi connectivity index (χ1v) is 11.8. The molecule has 0 unspecified atom stereocenters. The molecule has 1 N–H and O–H groups in total. The molecule has 1 aromatic heterocycles. The van der Waals surface area contributed by atoms with Crippen molar-refractivity contribution in [2.45, 2.75) is 45.4 Å². The SMILES string of the molecule is CCNC(=O)[C@]1(Cc2cccc(-c3cccnc3)c2)CCCN(C(=O)[C@H]2CC=CCC2)C1. The van der Waals surface area contributed by atoms with E-state index in [1.165, 1.54) is 0 Å². The molecule has 5 heteroatoms. The lowest BCUT2D eigenvalue weighted by Gasteiger charge is -2.43. The summed E-state index contributed by atoms with van der Waals surface area (Å²) in [6.45, 7) is 3.79. The van der Waals surface area contributed by atoms with Crippen LogP contribution < -0.4 is 5.32 Å². The van der Waals surface area contributed by atoms with Crippen LogP contribution in [0.4, 0.5) is 0 Å². The second-order valence-electron chi connectivity index (χ2n) is 9.10. The fourth-order valence-corrected chi connectivity index (χ4v) is 5.14. The van der Waals surface area contributed by atoms with Gasteiger partial charge in [-0.1, -0.05) is 42.5 Å². The van der Waals surface area contributed by atoms with Gasteiger partial charge in [-0.2, -0.15) is 0 Å². The number of aromatic nitrogens is 1. The van der Waals surface area contributed by atoms with Crippen LogP contribution in [0.25, 0.3) is 11.1 Å². The van der Waals surface area contributed by atoms with Crippen LogP contribution in [0.5, 0.6) is 0 Å². The summed E-state index contributed by atoms with van der Waals surface area (Å²) in [4.78, 5) is 32.8. The van der Waals surface area contributed by atoms with Crippen molar-refractivity contribution in [3.8, 4) is 11.1 Å². The Bertz CT molecular complexity index is 972. The standard InChI is InChI=1S/C27H33N3O2/c1-2-29-26(32)27(14-8-16-30(20-27)25(31)22-10-4-3-5-11-22)18-21-9-6-12-23(17-21)24-13-7-15-28-19-24/h3-4,6-7,9,12-13,15,17,19,22H,2,5,8,10-11,14,16,18,20H2,1H3,(H,29,32)/t22-,27-/m0/s1. The second-order valence-corrected chi connectivity index (χ2v) is 9.10. The summed E-state index contributed by atoms with van der Waals surface area (Å²) in [5.74, 6) is 0.332. The maximum absolute atomic E-state index is 13.4. The zero-order valence-electron chi connectivity index (χ0n) is 18.9. The number of rotatable bonds is 6. The van der Waals surface area contributed by atoms with Crippen LogP contribution in [-0.2, 0) is 16.0 Å². The van der Waals surface area contributed by atoms with Gasteiger partial charge in [0, 0.05) is 37.9 Å². The molecule has 2 aliphatic rings. The van der Waals surface area contributed by atoms with E-state index in [4.69, 9.17) is 0 Å². The quantitative estimate of drug-likeness (QED) is 0.690. The van der Waals surface area contributed by atoms with Crippen molar-refractivity contribution in [3.05, 3.63) is 66.5 Å². The van der Waals surface area contributed by atoms with Crippen molar-refractivity contribution in [2.24, 2.45) is 11.3 Å². The molecule has 1 aromatic carbocycles. The van der Waals surface area contributed by atoms with Crippen LogP contribution in [0.2, 0.25) is 0 Å². The molecule has 32 heavy (non-hydrogen) atoms. The first kappa shape index (κ1) is 22.3. The van der Waals surface area contributed by atoms with Gasteiger partial charge >= 0.3 is 0 Å². The first-order chi connectivity index (χ1) is 15.6. The molecular weight excluding hydrogens is 398 g/mol. The van der Waals surface area contributed by atoms with Crippen LogP contribution in [0.3, 0.4) is 0 Å². The minimum absolute atomic E-state index is 0.0546. The van der Waals surface area contributed by atoms with Gasteiger partial charge < -0.3 is 10.2 Å². The van der Waals surface area contributed by atoms with Gasteiger partial charge in [-0.05, 0) is 68.2 Å². The van der Waals surface area contributed by atoms with E-state index < -0.39 is 5.41 Å². The number of carbonyl (C=O) groups excluding carboxylic acids is 2. The molecule has 0 saturated carbocycles. The molecule has 1 saturated heterocycles. The number of hydrogen-bond acceptors (Lipinski definition) is 3. The summed E-state index contributed by atoms with van der Waals surface area (Å²) in [7, 11) is 0. The largest absolute Gasteiger partial charge is 0.356 e. The molecule has 2 atom stereocenters. The molecule has 5 nitrogen and oxygen atoms in total. The van der Waals surface area contributed by atoms with Crippen LogP contribution in [0, 0.1) is 11.3 Å². The monoisotopic (exact) mass is 431 g/mol. The van der Waals surface area contributed by atoms with E-state index in [0.717, 1.165) is 55.3 Å². The highest BCUT2D eigenvalue weighted by Crippen LogP contribution is 2.36. The number of allylic oxidation sites excluding steroid dienone is 2. The number of nitrogens with one attached hydrogen (secondary N) is 1. The average molecular weight is 432 g/mol. The van der Waals surface area contributed by atoms with Gasteiger partial charge in [-0.25, -0.2) is 0 Å². The van der Waals surface area contributed by atoms with Crippen LogP contribution in [0.1, 0.15) is 44.6 Å². The molecule has 1 fully saturated rings. The molecule has 1 aliphatic heterocycles. The van der Waals surface area contributed by atoms with E-state index in [2.05, 4.69) is 40.7 Å². The number of pyridine rings is 1. The summed E-state index contributed by atoms with van der Waals surface area (Å²) < 4.78 is 0. The topological polar surface area (TPSA) is 62.3 Å². The lowest BCUT2D eigenvalue weighted by Crippen LogP contribution is -2.55. The first-order valence-electron chi connectivity index (χ1n) is 11.8. The Morgan fingerprint density at radius 3 is 2.81 bits per heavy atom. The molecule has 2 amide bonds. The summed E-state index contributed by atoms with van der Waals surface area (Å²) in [6.07, 6.45) is 12.9. The minimum atomic E-state index is -0.595. The van der Waals surface area contributed by atoms with E-state index in [9.17, 15) is 9.59 Å². The van der Waals surface area contributed by atoms with Crippen molar-refractivity contribution in [3.63, 3.8) is 0 Å². The van der Waals surface area contributed by atoms with Crippen LogP contribution in [-0.4, -0.2) is 41.3 Å². The molecule has 2 heterocycles. The Morgan fingerprint density at radius 2 is 2.06 bits per heavy atom. The van der Waals surface area contributed by atoms with Gasteiger partial charge in [0.25, 0.3) is 0 Å². The highest BCUT2D eigenvalue weighted by molar-refractivity contribution is 5.85. The predicted molar refractivity (Wildman–Crippen MR) is 127 cm³/mol. The second kappa shape index (κ2) is 10.1. The molecule has 4 rings (SSSR count). The molecule has 1 aliphatic carbocycles. The predicted octanol–water partition coefficient (Wildman–Crippen LogP) is 4.39. The Morgan fingerprint density at radius 1 is 1.19 bits per heavy atom. The Hall–Kier alpha value is -2.95. The van der Waals surface area contributed by atoms with E-state index in [-0.39, 0.29) is 17.7 Å². The Labute approximate surface area is 190 Å². The number of amides is 2. The lowest BCUT2D eigenvalue weighted by atomic mass is 9.73. The summed E-state index contributed by atoms with van der Waals surface area (Å²) in [5.41, 5.74) is 2.68. The molecule has 0 spiro atoms. The number of nitrogens with zero attached hydrogens (tertiary/aromatic N) is 2. The highest BCUT2D eigenvalue weighted by atomic mass is 16.2. The maximum atomic E-state index is 13.4. The van der Waals surface area contributed by atoms with Crippen molar-refractivity contribution < 1.29 is 9.59 Å². The number of carbonyl (C=O) groups is 2. The number of benzene rings is 1. The van der Waals surface area contributed by atoms with Gasteiger partial charge in [0.05, 0.1) is 5.41 Å². The van der Waals surface area contributed by atoms with E-state index in [1.54, 1.807) is 6.20 Å². The molecular formula is C27H33N3O2. The zero-order chi connectivity index (χ0) is 22.4. The third-order valence-electron chi connectivity index (χ3n) is 6.79. The van der Waals surface area contributed by atoms with Crippen molar-refractivity contribution >= 4 is 11.8 Å². The highest BCUT2D eigenvalue weighted by Gasteiger charge is 2.44. The molecule has 0 bridgehead atoms. The fraction of sp³-hybridized carbons (Fsp3) is 0.444. The van der Waals surface area contributed by atoms with Crippen molar-refractivity contribution in [1.29, 1.82) is 0 Å². The molecule has 0 radical (unpaired) electrons. The average Bonchev–Trinajstić information content (AvgIpc) is 2.85. The van der Waals surface area contributed by atoms with Crippen molar-refractivity contribution in [2.75, 3.05) is 19.6 Å². The Kier molecular flexibility index (Phi) is 7.03. The third-order valence-corrected chi connectivity index (χ3v) is 6.79.